The fourth-order valence-electron chi connectivity index (χ4n) is 9.60. The molecule has 0 unspecified atom stereocenters. The van der Waals surface area contributed by atoms with Gasteiger partial charge in [-0.2, -0.15) is 0 Å². The van der Waals surface area contributed by atoms with Crippen molar-refractivity contribution in [2.75, 3.05) is 6.61 Å². The van der Waals surface area contributed by atoms with Crippen molar-refractivity contribution >= 4 is 29.8 Å². The molecule has 1 heterocycles. The number of ether oxygens (including phenoxy) is 5. The number of halogens is 1. The summed E-state index contributed by atoms with van der Waals surface area (Å²) in [5, 5.41) is 51.5. The molecule has 5 N–H and O–H groups in total. The number of benzene rings is 2. The van der Waals surface area contributed by atoms with Gasteiger partial charge >= 0.3 is 24.0 Å². The second-order valence-corrected chi connectivity index (χ2v) is 17.7. The van der Waals surface area contributed by atoms with Crippen LogP contribution >= 0.6 is 0 Å². The summed E-state index contributed by atoms with van der Waals surface area (Å²) < 4.78 is 43.7. The number of fused-ring (bicyclic) bond motifs is 5. The summed E-state index contributed by atoms with van der Waals surface area (Å²) in [4.78, 5) is 68.9. The largest absolute Gasteiger partial charge is 0.456 e. The normalized spacial score (nSPS) is 33.3. The number of ketones is 1. The Labute approximate surface area is 340 Å². The smallest absolute Gasteiger partial charge is 0.408 e. The third-order valence-electron chi connectivity index (χ3n) is 12.6. The van der Waals surface area contributed by atoms with E-state index in [1.165, 1.54) is 39.8 Å². The molecule has 4 aliphatic rings. The molecule has 0 aromatic heterocycles. The zero-order valence-corrected chi connectivity index (χ0v) is 34.2. The number of carbonyl (C=O) groups is 5. The SMILES string of the molecule is CC(=O)O[C@@]12CO[C@@H]1C[C@H](O)[C@@]1(C)C(=O)[C@H](O)C3=C(C)[C@@H](OC(=O)[C@H](O)[C@@H](NC(=O)OC(C)(C)C)c4ccccc4)C[C@@](O)([C@@H](OC(=O)c4cccc(F)c4)[C@H]21)C3(C)C. The quantitative estimate of drug-likeness (QED) is 0.146. The van der Waals surface area contributed by atoms with Crippen molar-refractivity contribution in [3.63, 3.8) is 0 Å². The summed E-state index contributed by atoms with van der Waals surface area (Å²) >= 11 is 0. The maximum Gasteiger partial charge on any atom is 0.408 e. The van der Waals surface area contributed by atoms with Crippen molar-refractivity contribution in [2.45, 2.75) is 128 Å². The van der Waals surface area contributed by atoms with E-state index in [9.17, 15) is 48.8 Å². The number of Topliss-reactive ketones (excluding diaryl/α,β-unsaturated/α-hetero) is 1. The topological polar surface area (TPSA) is 224 Å². The Kier molecular flexibility index (Phi) is 11.4. The van der Waals surface area contributed by atoms with E-state index in [2.05, 4.69) is 5.32 Å². The first-order chi connectivity index (χ1) is 27.4. The van der Waals surface area contributed by atoms with Crippen LogP contribution in [0.25, 0.3) is 0 Å². The van der Waals surface area contributed by atoms with Gasteiger partial charge in [-0.25, -0.2) is 18.8 Å². The summed E-state index contributed by atoms with van der Waals surface area (Å²) in [5.41, 5.74) is -8.98. The summed E-state index contributed by atoms with van der Waals surface area (Å²) in [6, 6.07) is 11.2. The van der Waals surface area contributed by atoms with Crippen molar-refractivity contribution in [1.29, 1.82) is 0 Å². The van der Waals surface area contributed by atoms with E-state index in [0.29, 0.717) is 5.56 Å². The predicted octanol–water partition coefficient (Wildman–Crippen LogP) is 3.40. The number of alkyl carbamates (subject to hydrolysis) is 1. The van der Waals surface area contributed by atoms with Crippen LogP contribution in [-0.2, 0) is 38.1 Å². The van der Waals surface area contributed by atoms with Gasteiger partial charge in [0.05, 0.1) is 35.6 Å². The van der Waals surface area contributed by atoms with Crippen molar-refractivity contribution in [1.82, 2.24) is 5.32 Å². The highest BCUT2D eigenvalue weighted by atomic mass is 19.1. The molecule has 2 aromatic carbocycles. The molecule has 3 fully saturated rings. The fourth-order valence-corrected chi connectivity index (χ4v) is 9.60. The second kappa shape index (κ2) is 15.4. The van der Waals surface area contributed by atoms with E-state index in [-0.39, 0.29) is 29.7 Å². The maximum atomic E-state index is 14.9. The first-order valence-corrected chi connectivity index (χ1v) is 19.4. The van der Waals surface area contributed by atoms with E-state index in [0.717, 1.165) is 19.1 Å². The Morgan fingerprint density at radius 1 is 1.00 bits per heavy atom. The van der Waals surface area contributed by atoms with Crippen LogP contribution in [0.1, 0.15) is 90.2 Å². The minimum absolute atomic E-state index is 0.111. The first kappa shape index (κ1) is 43.8. The Morgan fingerprint density at radius 2 is 1.66 bits per heavy atom. The van der Waals surface area contributed by atoms with Crippen molar-refractivity contribution in [3.05, 3.63) is 82.7 Å². The number of aliphatic hydroxyl groups excluding tert-OH is 3. The average Bonchev–Trinajstić information content (AvgIpc) is 3.14. The lowest BCUT2D eigenvalue weighted by atomic mass is 9.44. The van der Waals surface area contributed by atoms with Crippen LogP contribution in [0.2, 0.25) is 0 Å². The number of rotatable bonds is 8. The zero-order valence-electron chi connectivity index (χ0n) is 34.2. The minimum Gasteiger partial charge on any atom is -0.456 e. The van der Waals surface area contributed by atoms with Gasteiger partial charge in [0.2, 0.25) is 0 Å². The lowest BCUT2D eigenvalue weighted by Crippen LogP contribution is -2.81. The lowest BCUT2D eigenvalue weighted by molar-refractivity contribution is -0.346. The van der Waals surface area contributed by atoms with Crippen LogP contribution < -0.4 is 5.32 Å². The van der Waals surface area contributed by atoms with Gasteiger partial charge in [0.25, 0.3) is 0 Å². The first-order valence-electron chi connectivity index (χ1n) is 19.4. The number of amides is 1. The molecule has 320 valence electrons. The average molecular weight is 826 g/mol. The monoisotopic (exact) mass is 825 g/mol. The molecule has 16 heteroatoms. The molecule has 1 amide bonds. The van der Waals surface area contributed by atoms with Crippen LogP contribution in [0.15, 0.2) is 65.7 Å². The zero-order chi connectivity index (χ0) is 43.6. The van der Waals surface area contributed by atoms with Gasteiger partial charge < -0.3 is 49.4 Å². The molecule has 2 aromatic rings. The summed E-state index contributed by atoms with van der Waals surface area (Å²) in [7, 11) is 0. The summed E-state index contributed by atoms with van der Waals surface area (Å²) in [6.07, 6.45) is -12.0. The molecule has 2 bridgehead atoms. The van der Waals surface area contributed by atoms with Crippen molar-refractivity contribution < 1.29 is 72.5 Å². The number of aliphatic hydroxyl groups is 4. The second-order valence-electron chi connectivity index (χ2n) is 17.7. The van der Waals surface area contributed by atoms with Crippen LogP contribution in [-0.4, -0.2) is 110 Å². The van der Waals surface area contributed by atoms with Gasteiger partial charge in [0.1, 0.15) is 41.4 Å². The van der Waals surface area contributed by atoms with Crippen LogP contribution in [0.3, 0.4) is 0 Å². The molecule has 1 aliphatic heterocycles. The maximum absolute atomic E-state index is 14.9. The molecular formula is C43H52FNO14. The molecule has 6 rings (SSSR count). The third kappa shape index (κ3) is 7.43. The molecule has 15 nitrogen and oxygen atoms in total. The molecule has 2 saturated carbocycles. The van der Waals surface area contributed by atoms with Gasteiger partial charge in [-0.15, -0.1) is 0 Å². The van der Waals surface area contributed by atoms with E-state index in [1.54, 1.807) is 51.1 Å². The molecule has 0 spiro atoms. The molecule has 1 saturated heterocycles. The van der Waals surface area contributed by atoms with Crippen molar-refractivity contribution in [2.24, 2.45) is 16.7 Å². The van der Waals surface area contributed by atoms with E-state index < -0.39 is 118 Å². The van der Waals surface area contributed by atoms with Crippen LogP contribution in [0, 0.1) is 22.6 Å². The lowest BCUT2D eigenvalue weighted by Gasteiger charge is -2.67. The summed E-state index contributed by atoms with van der Waals surface area (Å²) in [6.45, 7) is 11.4. The van der Waals surface area contributed by atoms with E-state index in [1.807, 2.05) is 0 Å². The Hall–Kier alpha value is -4.74. The van der Waals surface area contributed by atoms with Crippen LogP contribution in [0.4, 0.5) is 9.18 Å². The number of carbonyl (C=O) groups excluding carboxylic acids is 5. The molecule has 0 radical (unpaired) electrons. The minimum atomic E-state index is -2.45. The number of hydrogen-bond donors (Lipinski definition) is 5. The highest BCUT2D eigenvalue weighted by Crippen LogP contribution is 2.64. The highest BCUT2D eigenvalue weighted by Gasteiger charge is 2.78. The van der Waals surface area contributed by atoms with Crippen molar-refractivity contribution in [3.8, 4) is 0 Å². The summed E-state index contributed by atoms with van der Waals surface area (Å²) in [5.74, 6) is -6.62. The predicted molar refractivity (Wildman–Crippen MR) is 204 cm³/mol. The van der Waals surface area contributed by atoms with Gasteiger partial charge in [0.15, 0.2) is 17.5 Å². The number of hydrogen-bond acceptors (Lipinski definition) is 14. The van der Waals surface area contributed by atoms with Gasteiger partial charge in [-0.3, -0.25) is 9.59 Å². The fraction of sp³-hybridized carbons (Fsp3) is 0.558. The van der Waals surface area contributed by atoms with Gasteiger partial charge in [-0.05, 0) is 69.5 Å². The highest BCUT2D eigenvalue weighted by molar-refractivity contribution is 5.94. The molecular weight excluding hydrogens is 773 g/mol. The molecule has 59 heavy (non-hydrogen) atoms. The molecule has 3 aliphatic carbocycles. The van der Waals surface area contributed by atoms with Crippen LogP contribution in [0.5, 0.6) is 0 Å². The standard InChI is InChI=1S/C43H52FNO14/c1-21-26(56-37(52)32(49)30(23-13-10-9-11-14-23)45-38(53)59-39(3,4)5)19-43(54)35(57-36(51)24-15-12-16-25(44)17-24)33-41(8,34(50)31(48)29(21)40(43,6)7)27(47)18-28-42(33,20-55-28)58-22(2)46/h9-17,26-28,30-33,35,47-49,54H,18-20H2,1-8H3,(H,45,53)/t26-,27-,28+,30-,31+,32+,33-,35-,41+,42-,43+/m0/s1. The van der Waals surface area contributed by atoms with Gasteiger partial charge in [-0.1, -0.05) is 50.2 Å². The van der Waals surface area contributed by atoms with Gasteiger partial charge in [0, 0.05) is 25.2 Å². The Morgan fingerprint density at radius 3 is 2.24 bits per heavy atom. The number of esters is 3. The molecule has 11 atom stereocenters. The van der Waals surface area contributed by atoms with E-state index in [4.69, 9.17) is 23.7 Å². The third-order valence-corrected chi connectivity index (χ3v) is 12.6. The Bertz CT molecular complexity index is 2050. The Balaban J connectivity index is 1.49. The number of nitrogens with one attached hydrogen (secondary N) is 1. The van der Waals surface area contributed by atoms with E-state index >= 15 is 0 Å².